The average molecular weight is 411 g/mol. The highest BCUT2D eigenvalue weighted by atomic mass is 19.1. The quantitative estimate of drug-likeness (QED) is 0.600. The van der Waals surface area contributed by atoms with Crippen LogP contribution in [-0.4, -0.2) is 17.3 Å². The van der Waals surface area contributed by atoms with E-state index in [4.69, 9.17) is 9.15 Å². The zero-order chi connectivity index (χ0) is 21.0. The van der Waals surface area contributed by atoms with Crippen molar-refractivity contribution in [2.75, 3.05) is 5.32 Å². The molecule has 1 fully saturated rings. The van der Waals surface area contributed by atoms with Crippen molar-refractivity contribution >= 4 is 28.3 Å². The van der Waals surface area contributed by atoms with Crippen molar-refractivity contribution in [3.8, 4) is 5.75 Å². The number of rotatable bonds is 2. The van der Waals surface area contributed by atoms with Crippen molar-refractivity contribution in [1.29, 1.82) is 0 Å². The summed E-state index contributed by atoms with van der Waals surface area (Å²) in [5, 5.41) is 2.86. The Bertz CT molecular complexity index is 1210. The van der Waals surface area contributed by atoms with Gasteiger partial charge in [-0.1, -0.05) is 0 Å². The van der Waals surface area contributed by atoms with Gasteiger partial charge in [0.25, 0.3) is 5.91 Å². The number of carbonyl (C=O) groups excluding carboxylic acids is 2. The van der Waals surface area contributed by atoms with E-state index in [1.54, 1.807) is 19.1 Å². The largest absolute Gasteiger partial charge is 0.486 e. The predicted molar refractivity (Wildman–Crippen MR) is 106 cm³/mol. The predicted octanol–water partition coefficient (Wildman–Crippen LogP) is 5.55. The van der Waals surface area contributed by atoms with E-state index in [0.29, 0.717) is 34.3 Å². The summed E-state index contributed by atoms with van der Waals surface area (Å²) in [6.45, 7) is 1.66. The SMILES string of the molecule is Cc1c(C(=O)Nc2cc(F)ccc2F)oc2ccc3c(c12)C(=O)CC1(CCCC1)O3. The van der Waals surface area contributed by atoms with Gasteiger partial charge in [0.1, 0.15) is 28.6 Å². The number of ether oxygens (including phenoxy) is 1. The molecule has 1 amide bonds. The van der Waals surface area contributed by atoms with Gasteiger partial charge in [-0.25, -0.2) is 8.78 Å². The average Bonchev–Trinajstić information content (AvgIpc) is 3.29. The van der Waals surface area contributed by atoms with Crippen LogP contribution in [0, 0.1) is 18.6 Å². The van der Waals surface area contributed by atoms with Crippen LogP contribution in [0.1, 0.15) is 58.6 Å². The summed E-state index contributed by atoms with van der Waals surface area (Å²) in [4.78, 5) is 25.8. The van der Waals surface area contributed by atoms with E-state index in [-0.39, 0.29) is 17.2 Å². The number of carbonyl (C=O) groups is 2. The summed E-state index contributed by atoms with van der Waals surface area (Å²) in [7, 11) is 0. The van der Waals surface area contributed by atoms with Gasteiger partial charge in [0.2, 0.25) is 0 Å². The molecule has 0 bridgehead atoms. The van der Waals surface area contributed by atoms with Crippen molar-refractivity contribution in [2.45, 2.75) is 44.6 Å². The number of aryl methyl sites for hydroxylation is 1. The highest BCUT2D eigenvalue weighted by Crippen LogP contribution is 2.46. The third kappa shape index (κ3) is 2.88. The zero-order valence-corrected chi connectivity index (χ0v) is 16.3. The molecule has 2 aromatic carbocycles. The first-order chi connectivity index (χ1) is 14.4. The van der Waals surface area contributed by atoms with Crippen molar-refractivity contribution in [2.24, 2.45) is 0 Å². The Morgan fingerprint density at radius 2 is 1.90 bits per heavy atom. The van der Waals surface area contributed by atoms with Crippen LogP contribution in [0.4, 0.5) is 14.5 Å². The Balaban J connectivity index is 1.55. The molecule has 1 saturated carbocycles. The smallest absolute Gasteiger partial charge is 0.291 e. The summed E-state index contributed by atoms with van der Waals surface area (Å²) in [6, 6.07) is 6.16. The molecule has 3 aromatic rings. The number of Topliss-reactive ketones (excluding diaryl/α,β-unsaturated/α-hetero) is 1. The number of amides is 1. The lowest BCUT2D eigenvalue weighted by molar-refractivity contribution is 0.0454. The Hall–Kier alpha value is -3.22. The monoisotopic (exact) mass is 411 g/mol. The van der Waals surface area contributed by atoms with Crippen molar-refractivity contribution in [3.63, 3.8) is 0 Å². The molecule has 7 heteroatoms. The van der Waals surface area contributed by atoms with E-state index in [0.717, 1.165) is 43.9 Å². The second kappa shape index (κ2) is 6.65. The number of hydrogen-bond acceptors (Lipinski definition) is 4. The number of furan rings is 1. The van der Waals surface area contributed by atoms with Gasteiger partial charge in [-0.2, -0.15) is 0 Å². The topological polar surface area (TPSA) is 68.5 Å². The summed E-state index contributed by atoms with van der Waals surface area (Å²) >= 11 is 0. The van der Waals surface area contributed by atoms with Gasteiger partial charge in [-0.05, 0) is 56.9 Å². The van der Waals surface area contributed by atoms with Crippen LogP contribution in [0.15, 0.2) is 34.7 Å². The zero-order valence-electron chi connectivity index (χ0n) is 16.3. The number of halogens is 2. The fourth-order valence-electron chi connectivity index (χ4n) is 4.62. The van der Waals surface area contributed by atoms with Crippen LogP contribution in [-0.2, 0) is 0 Å². The van der Waals surface area contributed by atoms with Gasteiger partial charge in [-0.15, -0.1) is 0 Å². The molecule has 5 rings (SSSR count). The molecule has 1 aliphatic heterocycles. The lowest BCUT2D eigenvalue weighted by Crippen LogP contribution is -2.39. The number of ketones is 1. The third-order valence-corrected chi connectivity index (χ3v) is 6.04. The molecule has 0 atom stereocenters. The first kappa shape index (κ1) is 18.8. The normalized spacial score (nSPS) is 17.2. The van der Waals surface area contributed by atoms with E-state index in [2.05, 4.69) is 5.32 Å². The standard InChI is InChI=1S/C23H19F2NO4/c1-12-19-17(29-21(12)22(28)26-15-10-13(24)4-5-14(15)25)6-7-18-20(19)16(27)11-23(30-18)8-2-3-9-23/h4-7,10H,2-3,8-9,11H2,1H3,(H,26,28). The maximum absolute atomic E-state index is 13.9. The molecule has 1 N–H and O–H groups in total. The Labute approximate surface area is 171 Å². The highest BCUT2D eigenvalue weighted by Gasteiger charge is 2.43. The molecule has 1 aromatic heterocycles. The maximum atomic E-state index is 13.9. The fraction of sp³-hybridized carbons (Fsp3) is 0.304. The minimum atomic E-state index is -0.763. The lowest BCUT2D eigenvalue weighted by atomic mass is 9.87. The van der Waals surface area contributed by atoms with Crippen LogP contribution >= 0.6 is 0 Å². The second-order valence-corrected chi connectivity index (χ2v) is 8.04. The van der Waals surface area contributed by atoms with Gasteiger partial charge in [-0.3, -0.25) is 9.59 Å². The molecule has 1 aliphatic carbocycles. The molecule has 0 radical (unpaired) electrons. The third-order valence-electron chi connectivity index (χ3n) is 6.04. The first-order valence-electron chi connectivity index (χ1n) is 9.92. The summed E-state index contributed by atoms with van der Waals surface area (Å²) in [5.74, 6) is -1.75. The number of nitrogens with one attached hydrogen (secondary N) is 1. The van der Waals surface area contributed by atoms with Crippen LogP contribution in [0.5, 0.6) is 5.75 Å². The molecule has 2 aliphatic rings. The van der Waals surface area contributed by atoms with E-state index in [1.807, 2.05) is 0 Å². The van der Waals surface area contributed by atoms with E-state index in [1.165, 1.54) is 0 Å². The molecule has 5 nitrogen and oxygen atoms in total. The maximum Gasteiger partial charge on any atom is 0.291 e. The van der Waals surface area contributed by atoms with Gasteiger partial charge >= 0.3 is 0 Å². The Morgan fingerprint density at radius 3 is 2.67 bits per heavy atom. The van der Waals surface area contributed by atoms with Crippen LogP contribution < -0.4 is 10.1 Å². The van der Waals surface area contributed by atoms with Gasteiger partial charge in [0.05, 0.1) is 17.7 Å². The molecule has 0 unspecified atom stereocenters. The molecule has 30 heavy (non-hydrogen) atoms. The molecule has 154 valence electrons. The van der Waals surface area contributed by atoms with Crippen LogP contribution in [0.3, 0.4) is 0 Å². The summed E-state index contributed by atoms with van der Waals surface area (Å²) < 4.78 is 39.3. The lowest BCUT2D eigenvalue weighted by Gasteiger charge is -2.34. The van der Waals surface area contributed by atoms with Gasteiger partial charge < -0.3 is 14.5 Å². The summed E-state index contributed by atoms with van der Waals surface area (Å²) in [6.07, 6.45) is 4.09. The van der Waals surface area contributed by atoms with E-state index in [9.17, 15) is 18.4 Å². The summed E-state index contributed by atoms with van der Waals surface area (Å²) in [5.41, 5.74) is 0.530. The van der Waals surface area contributed by atoms with Crippen molar-refractivity contribution < 1.29 is 27.5 Å². The highest BCUT2D eigenvalue weighted by molar-refractivity contribution is 6.14. The molecular weight excluding hydrogens is 392 g/mol. The van der Waals surface area contributed by atoms with Crippen molar-refractivity contribution in [1.82, 2.24) is 0 Å². The number of fused-ring (bicyclic) bond motifs is 3. The minimum absolute atomic E-state index is 0.0317. The van der Waals surface area contributed by atoms with E-state index >= 15 is 0 Å². The second-order valence-electron chi connectivity index (χ2n) is 8.04. The fourth-order valence-corrected chi connectivity index (χ4v) is 4.62. The van der Waals surface area contributed by atoms with Crippen LogP contribution in [0.2, 0.25) is 0 Å². The number of benzene rings is 2. The van der Waals surface area contributed by atoms with Crippen molar-refractivity contribution in [3.05, 3.63) is 58.9 Å². The first-order valence-corrected chi connectivity index (χ1v) is 9.92. The number of anilines is 1. The Kier molecular flexibility index (Phi) is 4.17. The molecule has 2 heterocycles. The van der Waals surface area contributed by atoms with Crippen LogP contribution in [0.25, 0.3) is 11.0 Å². The van der Waals surface area contributed by atoms with Gasteiger partial charge in [0.15, 0.2) is 11.5 Å². The molecule has 0 saturated heterocycles. The number of hydrogen-bond donors (Lipinski definition) is 1. The molecular formula is C23H19F2NO4. The molecule has 1 spiro atoms. The van der Waals surface area contributed by atoms with E-state index < -0.39 is 23.1 Å². The van der Waals surface area contributed by atoms with Gasteiger partial charge in [0, 0.05) is 17.0 Å². The Morgan fingerprint density at radius 1 is 1.13 bits per heavy atom. The minimum Gasteiger partial charge on any atom is -0.486 e.